The van der Waals surface area contributed by atoms with Gasteiger partial charge in [-0.2, -0.15) is 0 Å². The molecule has 0 aliphatic heterocycles. The van der Waals surface area contributed by atoms with Crippen LogP contribution in [-0.2, 0) is 11.2 Å². The number of benzene rings is 1. The average Bonchev–Trinajstić information content (AvgIpc) is 2.73. The lowest BCUT2D eigenvalue weighted by Gasteiger charge is -2.19. The zero-order chi connectivity index (χ0) is 14.8. The summed E-state index contributed by atoms with van der Waals surface area (Å²) in [5, 5.41) is 1.14. The number of alkyl halides is 1. The molecule has 0 saturated carbocycles. The van der Waals surface area contributed by atoms with Crippen molar-refractivity contribution < 1.29 is 9.53 Å². The van der Waals surface area contributed by atoms with Crippen LogP contribution in [-0.4, -0.2) is 20.7 Å². The molecule has 0 N–H and O–H groups in total. The van der Waals surface area contributed by atoms with Gasteiger partial charge >= 0.3 is 6.09 Å². The zero-order valence-electron chi connectivity index (χ0n) is 12.1. The maximum absolute atomic E-state index is 12.3. The molecule has 0 amide bonds. The van der Waals surface area contributed by atoms with Crippen molar-refractivity contribution >= 4 is 39.6 Å². The van der Waals surface area contributed by atoms with Crippen molar-refractivity contribution in [3.05, 3.63) is 36.0 Å². The molecule has 0 unspecified atom stereocenters. The van der Waals surface area contributed by atoms with E-state index in [1.165, 1.54) is 5.56 Å². The molecule has 1 heterocycles. The first-order valence-corrected chi connectivity index (χ1v) is 8.33. The van der Waals surface area contributed by atoms with Gasteiger partial charge in [-0.3, -0.25) is 4.57 Å². The molecule has 1 aromatic heterocycles. The standard InChI is InChI=1S/C16H20INO2/c1-16(2,3)20-15(19)18-11-12(7-6-10-17)13-8-4-5-9-14(13)18/h4-5,8-9,11H,6-7,10H2,1-3H3. The minimum atomic E-state index is -0.481. The molecule has 0 saturated heterocycles. The molecule has 0 atom stereocenters. The summed E-state index contributed by atoms with van der Waals surface area (Å²) in [6.07, 6.45) is 3.71. The first-order chi connectivity index (χ1) is 9.42. The summed E-state index contributed by atoms with van der Waals surface area (Å²) in [5.74, 6) is 0. The van der Waals surface area contributed by atoms with E-state index in [1.54, 1.807) is 4.57 Å². The van der Waals surface area contributed by atoms with E-state index < -0.39 is 5.60 Å². The largest absolute Gasteiger partial charge is 0.443 e. The molecule has 0 radical (unpaired) electrons. The van der Waals surface area contributed by atoms with Crippen molar-refractivity contribution in [1.82, 2.24) is 4.57 Å². The Morgan fingerprint density at radius 1 is 1.30 bits per heavy atom. The van der Waals surface area contributed by atoms with Crippen LogP contribution in [0.15, 0.2) is 30.5 Å². The monoisotopic (exact) mass is 385 g/mol. The van der Waals surface area contributed by atoms with Crippen LogP contribution in [0.1, 0.15) is 32.8 Å². The first-order valence-electron chi connectivity index (χ1n) is 6.80. The fourth-order valence-corrected chi connectivity index (χ4v) is 2.55. The molecule has 2 aromatic rings. The van der Waals surface area contributed by atoms with E-state index in [-0.39, 0.29) is 6.09 Å². The van der Waals surface area contributed by atoms with Gasteiger partial charge in [-0.1, -0.05) is 40.8 Å². The van der Waals surface area contributed by atoms with E-state index in [1.807, 2.05) is 45.2 Å². The van der Waals surface area contributed by atoms with Crippen LogP contribution in [0.4, 0.5) is 4.79 Å². The Morgan fingerprint density at radius 2 is 2.00 bits per heavy atom. The van der Waals surface area contributed by atoms with E-state index in [0.717, 1.165) is 28.2 Å². The minimum absolute atomic E-state index is 0.311. The third-order valence-electron chi connectivity index (χ3n) is 2.96. The number of hydrogen-bond donors (Lipinski definition) is 0. The second-order valence-electron chi connectivity index (χ2n) is 5.81. The second-order valence-corrected chi connectivity index (χ2v) is 6.89. The Bertz CT molecular complexity index is 610. The molecule has 0 aliphatic rings. The molecular formula is C16H20INO2. The number of para-hydroxylation sites is 1. The molecule has 0 spiro atoms. The number of carbonyl (C=O) groups excluding carboxylic acids is 1. The summed E-state index contributed by atoms with van der Waals surface area (Å²) >= 11 is 2.38. The molecule has 1 aromatic carbocycles. The molecule has 3 nitrogen and oxygen atoms in total. The van der Waals surface area contributed by atoms with Gasteiger partial charge in [0.05, 0.1) is 5.52 Å². The molecule has 2 rings (SSSR count). The Balaban J connectivity index is 2.40. The summed E-state index contributed by atoms with van der Waals surface area (Å²) in [6, 6.07) is 7.99. The third kappa shape index (κ3) is 3.53. The van der Waals surface area contributed by atoms with Gasteiger partial charge in [0.2, 0.25) is 0 Å². The summed E-state index contributed by atoms with van der Waals surface area (Å²) in [5.41, 5.74) is 1.65. The summed E-state index contributed by atoms with van der Waals surface area (Å²) in [7, 11) is 0. The molecule has 20 heavy (non-hydrogen) atoms. The summed E-state index contributed by atoms with van der Waals surface area (Å²) in [6.45, 7) is 5.65. The predicted molar refractivity (Wildman–Crippen MR) is 90.8 cm³/mol. The van der Waals surface area contributed by atoms with Crippen molar-refractivity contribution in [3.63, 3.8) is 0 Å². The van der Waals surface area contributed by atoms with E-state index in [4.69, 9.17) is 4.74 Å². The fourth-order valence-electron chi connectivity index (χ4n) is 2.17. The SMILES string of the molecule is CC(C)(C)OC(=O)n1cc(CCCI)c2ccccc21. The van der Waals surface area contributed by atoms with Crippen LogP contribution < -0.4 is 0 Å². The number of aryl methyl sites for hydroxylation is 1. The van der Waals surface area contributed by atoms with Gasteiger partial charge in [0.25, 0.3) is 0 Å². The topological polar surface area (TPSA) is 31.2 Å². The smallest absolute Gasteiger partial charge is 0.419 e. The van der Waals surface area contributed by atoms with Crippen LogP contribution in [0.25, 0.3) is 10.9 Å². The molecule has 0 bridgehead atoms. The number of nitrogens with zero attached hydrogens (tertiary/aromatic N) is 1. The highest BCUT2D eigenvalue weighted by molar-refractivity contribution is 14.1. The third-order valence-corrected chi connectivity index (χ3v) is 3.73. The highest BCUT2D eigenvalue weighted by atomic mass is 127. The van der Waals surface area contributed by atoms with Gasteiger partial charge in [0.15, 0.2) is 0 Å². The van der Waals surface area contributed by atoms with Crippen LogP contribution in [0.3, 0.4) is 0 Å². The lowest BCUT2D eigenvalue weighted by atomic mass is 10.1. The molecule has 108 valence electrons. The summed E-state index contributed by atoms with van der Waals surface area (Å²) in [4.78, 5) is 12.3. The van der Waals surface area contributed by atoms with E-state index in [0.29, 0.717) is 0 Å². The highest BCUT2D eigenvalue weighted by Crippen LogP contribution is 2.24. The maximum atomic E-state index is 12.3. The van der Waals surface area contributed by atoms with Gasteiger partial charge in [0, 0.05) is 11.6 Å². The molecule has 4 heteroatoms. The normalized spacial score (nSPS) is 11.8. The number of rotatable bonds is 3. The molecular weight excluding hydrogens is 365 g/mol. The minimum Gasteiger partial charge on any atom is -0.443 e. The number of hydrogen-bond acceptors (Lipinski definition) is 2. The lowest BCUT2D eigenvalue weighted by Crippen LogP contribution is -2.26. The van der Waals surface area contributed by atoms with Crippen molar-refractivity contribution in [2.45, 2.75) is 39.2 Å². The Kier molecular flexibility index (Phi) is 4.73. The van der Waals surface area contributed by atoms with Crippen LogP contribution >= 0.6 is 22.6 Å². The fraction of sp³-hybridized carbons (Fsp3) is 0.438. The van der Waals surface area contributed by atoms with E-state index in [9.17, 15) is 4.79 Å². The number of carbonyl (C=O) groups is 1. The number of fused-ring (bicyclic) bond motifs is 1. The molecule has 0 aliphatic carbocycles. The maximum Gasteiger partial charge on any atom is 0.419 e. The Morgan fingerprint density at radius 3 is 2.65 bits per heavy atom. The van der Waals surface area contributed by atoms with E-state index >= 15 is 0 Å². The van der Waals surface area contributed by atoms with Crippen LogP contribution in [0, 0.1) is 0 Å². The summed E-state index contributed by atoms with van der Waals surface area (Å²) < 4.78 is 8.22. The predicted octanol–water partition coefficient (Wildman–Crippen LogP) is 4.79. The van der Waals surface area contributed by atoms with Crippen molar-refractivity contribution in [2.75, 3.05) is 4.43 Å². The lowest BCUT2D eigenvalue weighted by molar-refractivity contribution is 0.0544. The highest BCUT2D eigenvalue weighted by Gasteiger charge is 2.20. The quantitative estimate of drug-likeness (QED) is 0.562. The van der Waals surface area contributed by atoms with Crippen molar-refractivity contribution in [3.8, 4) is 0 Å². The number of ether oxygens (including phenoxy) is 1. The van der Waals surface area contributed by atoms with E-state index in [2.05, 4.69) is 28.7 Å². The van der Waals surface area contributed by atoms with Crippen molar-refractivity contribution in [2.24, 2.45) is 0 Å². The average molecular weight is 385 g/mol. The van der Waals surface area contributed by atoms with Crippen LogP contribution in [0.2, 0.25) is 0 Å². The molecule has 0 fully saturated rings. The van der Waals surface area contributed by atoms with Crippen molar-refractivity contribution in [1.29, 1.82) is 0 Å². The van der Waals surface area contributed by atoms with Gasteiger partial charge in [-0.15, -0.1) is 0 Å². The Hall–Kier alpha value is -1.04. The number of aromatic nitrogens is 1. The number of halogens is 1. The van der Waals surface area contributed by atoms with Gasteiger partial charge in [0.1, 0.15) is 5.60 Å². The zero-order valence-corrected chi connectivity index (χ0v) is 14.3. The first kappa shape index (κ1) is 15.4. The van der Waals surface area contributed by atoms with Gasteiger partial charge in [-0.25, -0.2) is 4.79 Å². The second kappa shape index (κ2) is 6.16. The Labute approximate surface area is 133 Å². The van der Waals surface area contributed by atoms with Crippen LogP contribution in [0.5, 0.6) is 0 Å². The van der Waals surface area contributed by atoms with Gasteiger partial charge < -0.3 is 4.74 Å². The van der Waals surface area contributed by atoms with Gasteiger partial charge in [-0.05, 0) is 49.7 Å².